The summed E-state index contributed by atoms with van der Waals surface area (Å²) in [6, 6.07) is 8.38. The van der Waals surface area contributed by atoms with Crippen molar-refractivity contribution in [3.63, 3.8) is 0 Å². The zero-order valence-electron chi connectivity index (χ0n) is 14.2. The Morgan fingerprint density at radius 3 is 2.58 bits per heavy atom. The van der Waals surface area contributed by atoms with Gasteiger partial charge in [-0.3, -0.25) is 4.79 Å². The van der Waals surface area contributed by atoms with Gasteiger partial charge in [-0.15, -0.1) is 0 Å². The number of likely N-dealkylation sites (tertiary alicyclic amines) is 1. The molecule has 0 atom stereocenters. The first-order valence-corrected chi connectivity index (χ1v) is 10.6. The number of benzene rings is 1. The monoisotopic (exact) mass is 366 g/mol. The third-order valence-corrected chi connectivity index (χ3v) is 6.67. The summed E-state index contributed by atoms with van der Waals surface area (Å²) in [5, 5.41) is 3.78. The molecule has 3 rings (SSSR count). The van der Waals surface area contributed by atoms with Crippen LogP contribution in [0.15, 0.2) is 24.3 Å². The van der Waals surface area contributed by atoms with Gasteiger partial charge < -0.3 is 10.2 Å². The maximum Gasteiger partial charge on any atom is 0.224 e. The van der Waals surface area contributed by atoms with Crippen LogP contribution in [0.25, 0.3) is 0 Å². The molecule has 1 amide bonds. The van der Waals surface area contributed by atoms with Crippen LogP contribution in [0.1, 0.15) is 31.2 Å². The van der Waals surface area contributed by atoms with Crippen LogP contribution in [0.4, 0.5) is 0 Å². The first-order valence-electron chi connectivity index (χ1n) is 9.04. The van der Waals surface area contributed by atoms with Crippen molar-refractivity contribution in [2.75, 3.05) is 31.1 Å². The molecule has 0 bridgehead atoms. The van der Waals surface area contributed by atoms with E-state index in [9.17, 15) is 4.79 Å². The normalized spacial score (nSPS) is 20.9. The van der Waals surface area contributed by atoms with E-state index in [2.05, 4.69) is 22.0 Å². The van der Waals surface area contributed by atoms with Crippen molar-refractivity contribution in [1.29, 1.82) is 0 Å². The van der Waals surface area contributed by atoms with Crippen molar-refractivity contribution in [1.82, 2.24) is 10.2 Å². The van der Waals surface area contributed by atoms with Crippen LogP contribution in [0.5, 0.6) is 0 Å². The average molecular weight is 367 g/mol. The lowest BCUT2D eigenvalue weighted by Crippen LogP contribution is -2.45. The van der Waals surface area contributed by atoms with Crippen LogP contribution in [0, 0.1) is 5.92 Å². The molecule has 1 aromatic rings. The number of thioether (sulfide) groups is 1. The molecule has 132 valence electrons. The van der Waals surface area contributed by atoms with E-state index < -0.39 is 0 Å². The molecule has 0 aromatic heterocycles. The fourth-order valence-electron chi connectivity index (χ4n) is 3.71. The number of nitrogens with one attached hydrogen (secondary N) is 1. The zero-order chi connectivity index (χ0) is 16.8. The predicted molar refractivity (Wildman–Crippen MR) is 103 cm³/mol. The van der Waals surface area contributed by atoms with Crippen molar-refractivity contribution >= 4 is 29.3 Å². The number of carbonyl (C=O) groups excluding carboxylic acids is 1. The molecular weight excluding hydrogens is 340 g/mol. The molecule has 1 aromatic carbocycles. The topological polar surface area (TPSA) is 32.3 Å². The highest BCUT2D eigenvalue weighted by atomic mass is 35.5. The van der Waals surface area contributed by atoms with Crippen LogP contribution in [-0.2, 0) is 11.2 Å². The summed E-state index contributed by atoms with van der Waals surface area (Å²) in [5.74, 6) is 3.34. The van der Waals surface area contributed by atoms with Crippen LogP contribution in [0.2, 0.25) is 5.02 Å². The second-order valence-electron chi connectivity index (χ2n) is 6.90. The Morgan fingerprint density at radius 2 is 1.88 bits per heavy atom. The minimum atomic E-state index is 0.0786. The van der Waals surface area contributed by atoms with Crippen molar-refractivity contribution in [3.05, 3.63) is 34.9 Å². The molecule has 0 unspecified atom stereocenters. The third kappa shape index (κ3) is 5.14. The summed E-state index contributed by atoms with van der Waals surface area (Å²) in [7, 11) is 0. The molecule has 3 nitrogen and oxygen atoms in total. The molecule has 0 aliphatic carbocycles. The van der Waals surface area contributed by atoms with E-state index in [1.165, 1.54) is 50.3 Å². The fraction of sp³-hybridized carbons (Fsp3) is 0.632. The minimum absolute atomic E-state index is 0.0786. The maximum absolute atomic E-state index is 12.1. The Labute approximate surface area is 154 Å². The molecule has 2 aliphatic rings. The van der Waals surface area contributed by atoms with E-state index in [1.54, 1.807) is 0 Å². The fourth-order valence-corrected chi connectivity index (χ4v) is 4.99. The van der Waals surface area contributed by atoms with Crippen LogP contribution in [-0.4, -0.2) is 48.0 Å². The summed E-state index contributed by atoms with van der Waals surface area (Å²) in [5.41, 5.74) is 0.904. The number of carbonyl (C=O) groups is 1. The summed E-state index contributed by atoms with van der Waals surface area (Å²) >= 11 is 8.21. The second-order valence-corrected chi connectivity index (χ2v) is 8.53. The smallest absolute Gasteiger partial charge is 0.224 e. The average Bonchev–Trinajstić information content (AvgIpc) is 2.63. The Balaban J connectivity index is 1.37. The first-order chi connectivity index (χ1) is 11.7. The highest BCUT2D eigenvalue weighted by molar-refractivity contribution is 7.99. The maximum atomic E-state index is 12.1. The van der Waals surface area contributed by atoms with Gasteiger partial charge in [-0.05, 0) is 67.8 Å². The van der Waals surface area contributed by atoms with Gasteiger partial charge in [0.2, 0.25) is 5.91 Å². The summed E-state index contributed by atoms with van der Waals surface area (Å²) in [4.78, 5) is 14.8. The number of nitrogens with zero attached hydrogens (tertiary/aromatic N) is 1. The lowest BCUT2D eigenvalue weighted by Gasteiger charge is -2.39. The Bertz CT molecular complexity index is 540. The molecule has 2 saturated heterocycles. The van der Waals surface area contributed by atoms with Crippen molar-refractivity contribution in [3.8, 4) is 0 Å². The van der Waals surface area contributed by atoms with Gasteiger partial charge in [0, 0.05) is 17.6 Å². The lowest BCUT2D eigenvalue weighted by atomic mass is 9.94. The molecule has 2 fully saturated rings. The molecule has 2 heterocycles. The predicted octanol–water partition coefficient (Wildman–Crippen LogP) is 3.61. The van der Waals surface area contributed by atoms with Gasteiger partial charge in [0.1, 0.15) is 0 Å². The van der Waals surface area contributed by atoms with Crippen LogP contribution in [0.3, 0.4) is 0 Å². The second kappa shape index (κ2) is 9.12. The van der Waals surface area contributed by atoms with Crippen molar-refractivity contribution < 1.29 is 4.79 Å². The molecule has 1 N–H and O–H groups in total. The number of halogens is 1. The third-order valence-electron chi connectivity index (χ3n) is 5.25. The van der Waals surface area contributed by atoms with Gasteiger partial charge in [0.25, 0.3) is 0 Å². The highest BCUT2D eigenvalue weighted by Crippen LogP contribution is 2.26. The van der Waals surface area contributed by atoms with Crippen molar-refractivity contribution in [2.24, 2.45) is 5.92 Å². The number of amides is 1. The first kappa shape index (κ1) is 18.1. The summed E-state index contributed by atoms with van der Waals surface area (Å²) in [6.07, 6.45) is 5.48. The Kier molecular flexibility index (Phi) is 6.87. The molecule has 24 heavy (non-hydrogen) atoms. The van der Waals surface area contributed by atoms with E-state index in [0.29, 0.717) is 17.4 Å². The van der Waals surface area contributed by atoms with Gasteiger partial charge in [-0.2, -0.15) is 11.8 Å². The van der Waals surface area contributed by atoms with E-state index >= 15 is 0 Å². The Hall–Kier alpha value is -0.710. The van der Waals surface area contributed by atoms with E-state index in [4.69, 9.17) is 11.6 Å². The van der Waals surface area contributed by atoms with Gasteiger partial charge in [-0.1, -0.05) is 29.8 Å². The van der Waals surface area contributed by atoms with E-state index in [0.717, 1.165) is 18.2 Å². The van der Waals surface area contributed by atoms with Crippen LogP contribution >= 0.6 is 23.4 Å². The molecule has 2 aliphatic heterocycles. The number of hydrogen-bond acceptors (Lipinski definition) is 3. The number of rotatable bonds is 5. The highest BCUT2D eigenvalue weighted by Gasteiger charge is 2.26. The van der Waals surface area contributed by atoms with Gasteiger partial charge in [0.05, 0.1) is 6.42 Å². The molecule has 0 radical (unpaired) electrons. The standard InChI is InChI=1S/C19H27ClN2OS/c20-18-4-2-1-3-16(18)13-19(23)21-14-15-5-9-22(10-6-15)17-7-11-24-12-8-17/h1-4,15,17H,5-14H2,(H,21,23). The molecule has 0 saturated carbocycles. The SMILES string of the molecule is O=C(Cc1ccccc1Cl)NCC1CCN(C2CCSCC2)CC1. The lowest BCUT2D eigenvalue weighted by molar-refractivity contribution is -0.120. The zero-order valence-corrected chi connectivity index (χ0v) is 15.7. The molecule has 5 heteroatoms. The molecule has 0 spiro atoms. The van der Waals surface area contributed by atoms with E-state index in [1.807, 2.05) is 24.3 Å². The largest absolute Gasteiger partial charge is 0.356 e. The number of hydrogen-bond donors (Lipinski definition) is 1. The quantitative estimate of drug-likeness (QED) is 0.864. The Morgan fingerprint density at radius 1 is 1.17 bits per heavy atom. The minimum Gasteiger partial charge on any atom is -0.356 e. The van der Waals surface area contributed by atoms with E-state index in [-0.39, 0.29) is 5.91 Å². The summed E-state index contributed by atoms with van der Waals surface area (Å²) in [6.45, 7) is 3.19. The summed E-state index contributed by atoms with van der Waals surface area (Å²) < 4.78 is 0. The van der Waals surface area contributed by atoms with Gasteiger partial charge >= 0.3 is 0 Å². The number of piperidine rings is 1. The van der Waals surface area contributed by atoms with Crippen molar-refractivity contribution in [2.45, 2.75) is 38.1 Å². The van der Waals surface area contributed by atoms with Crippen LogP contribution < -0.4 is 5.32 Å². The van der Waals surface area contributed by atoms with Gasteiger partial charge in [-0.25, -0.2) is 0 Å². The van der Waals surface area contributed by atoms with Gasteiger partial charge in [0.15, 0.2) is 0 Å². The molecular formula is C19H27ClN2OS.